The molecular weight excluding hydrogens is 288 g/mol. The van der Waals surface area contributed by atoms with E-state index in [0.717, 1.165) is 12.1 Å². The summed E-state index contributed by atoms with van der Waals surface area (Å²) in [6.07, 6.45) is 1.14. The van der Waals surface area contributed by atoms with Crippen molar-refractivity contribution < 1.29 is 9.59 Å². The van der Waals surface area contributed by atoms with Gasteiger partial charge in [-0.05, 0) is 24.8 Å². The minimum Gasteiger partial charge on any atom is -0.341 e. The van der Waals surface area contributed by atoms with Crippen LogP contribution in [0.25, 0.3) is 0 Å². The van der Waals surface area contributed by atoms with E-state index in [-0.39, 0.29) is 23.8 Å². The molecule has 2 rings (SSSR count). The molecular formula is C19H28N2O2. The Hall–Kier alpha value is -1.84. The van der Waals surface area contributed by atoms with Crippen molar-refractivity contribution in [3.8, 4) is 0 Å². The zero-order valence-electron chi connectivity index (χ0n) is 14.7. The van der Waals surface area contributed by atoms with E-state index in [1.807, 2.05) is 49.2 Å². The van der Waals surface area contributed by atoms with Gasteiger partial charge >= 0.3 is 0 Å². The van der Waals surface area contributed by atoms with Crippen LogP contribution in [-0.2, 0) is 16.1 Å². The number of rotatable bonds is 5. The Bertz CT molecular complexity index is 542. The normalized spacial score (nSPS) is 21.6. The van der Waals surface area contributed by atoms with Gasteiger partial charge in [0, 0.05) is 32.6 Å². The molecule has 1 aliphatic heterocycles. The lowest BCUT2D eigenvalue weighted by Crippen LogP contribution is -2.52. The molecule has 126 valence electrons. The SMILES string of the molecule is CC(C)CN1C(=O)CC[C@@H](C(=O)N(C)Cc2ccccc2)[C@H]1C. The Labute approximate surface area is 139 Å². The van der Waals surface area contributed by atoms with Crippen LogP contribution in [-0.4, -0.2) is 41.2 Å². The maximum Gasteiger partial charge on any atom is 0.227 e. The summed E-state index contributed by atoms with van der Waals surface area (Å²) in [5.41, 5.74) is 1.13. The third-order valence-corrected chi connectivity index (χ3v) is 4.58. The van der Waals surface area contributed by atoms with Gasteiger partial charge in [-0.15, -0.1) is 0 Å². The Morgan fingerprint density at radius 3 is 2.57 bits per heavy atom. The molecule has 2 amide bonds. The fourth-order valence-corrected chi connectivity index (χ4v) is 3.32. The molecule has 1 saturated heterocycles. The van der Waals surface area contributed by atoms with Crippen LogP contribution in [0.1, 0.15) is 39.2 Å². The molecule has 1 aromatic carbocycles. The van der Waals surface area contributed by atoms with Crippen molar-refractivity contribution in [1.29, 1.82) is 0 Å². The Kier molecular flexibility index (Phi) is 5.80. The number of nitrogens with zero attached hydrogens (tertiary/aromatic N) is 2. The van der Waals surface area contributed by atoms with Gasteiger partial charge in [0.15, 0.2) is 0 Å². The first-order chi connectivity index (χ1) is 10.9. The average molecular weight is 316 g/mol. The van der Waals surface area contributed by atoms with E-state index in [2.05, 4.69) is 13.8 Å². The maximum atomic E-state index is 12.8. The smallest absolute Gasteiger partial charge is 0.227 e. The maximum absolute atomic E-state index is 12.8. The molecule has 0 unspecified atom stereocenters. The molecule has 0 saturated carbocycles. The predicted octanol–water partition coefficient (Wildman–Crippen LogP) is 2.93. The Balaban J connectivity index is 2.04. The summed E-state index contributed by atoms with van der Waals surface area (Å²) in [6.45, 7) is 7.56. The van der Waals surface area contributed by atoms with Crippen molar-refractivity contribution >= 4 is 11.8 Å². The molecule has 2 atom stereocenters. The monoisotopic (exact) mass is 316 g/mol. The van der Waals surface area contributed by atoms with E-state index in [0.29, 0.717) is 25.3 Å². The number of amides is 2. The van der Waals surface area contributed by atoms with Gasteiger partial charge in [0.05, 0.1) is 5.92 Å². The average Bonchev–Trinajstić information content (AvgIpc) is 2.51. The molecule has 1 aliphatic rings. The van der Waals surface area contributed by atoms with Crippen molar-refractivity contribution in [3.63, 3.8) is 0 Å². The highest BCUT2D eigenvalue weighted by molar-refractivity contribution is 5.84. The highest BCUT2D eigenvalue weighted by atomic mass is 16.2. The van der Waals surface area contributed by atoms with Gasteiger partial charge in [0.2, 0.25) is 11.8 Å². The summed E-state index contributed by atoms with van der Waals surface area (Å²) in [7, 11) is 1.85. The van der Waals surface area contributed by atoms with Crippen molar-refractivity contribution in [2.75, 3.05) is 13.6 Å². The van der Waals surface area contributed by atoms with Crippen LogP contribution in [0.15, 0.2) is 30.3 Å². The summed E-state index contributed by atoms with van der Waals surface area (Å²) < 4.78 is 0. The quantitative estimate of drug-likeness (QED) is 0.838. The van der Waals surface area contributed by atoms with Gasteiger partial charge in [0.25, 0.3) is 0 Å². The molecule has 1 aromatic rings. The van der Waals surface area contributed by atoms with E-state index < -0.39 is 0 Å². The first-order valence-corrected chi connectivity index (χ1v) is 8.48. The topological polar surface area (TPSA) is 40.6 Å². The van der Waals surface area contributed by atoms with Crippen molar-refractivity contribution in [3.05, 3.63) is 35.9 Å². The van der Waals surface area contributed by atoms with Crippen LogP contribution in [0.2, 0.25) is 0 Å². The van der Waals surface area contributed by atoms with E-state index in [1.54, 1.807) is 4.90 Å². The second-order valence-corrected chi connectivity index (χ2v) is 7.01. The van der Waals surface area contributed by atoms with Crippen LogP contribution in [0.3, 0.4) is 0 Å². The van der Waals surface area contributed by atoms with Crippen LogP contribution in [0.4, 0.5) is 0 Å². The fraction of sp³-hybridized carbons (Fsp3) is 0.579. The van der Waals surface area contributed by atoms with Crippen LogP contribution in [0, 0.1) is 11.8 Å². The third kappa shape index (κ3) is 4.34. The van der Waals surface area contributed by atoms with E-state index in [1.165, 1.54) is 0 Å². The van der Waals surface area contributed by atoms with Gasteiger partial charge in [-0.1, -0.05) is 44.2 Å². The molecule has 1 heterocycles. The lowest BCUT2D eigenvalue weighted by atomic mass is 9.88. The number of hydrogen-bond donors (Lipinski definition) is 0. The Morgan fingerprint density at radius 2 is 1.96 bits per heavy atom. The van der Waals surface area contributed by atoms with Gasteiger partial charge < -0.3 is 9.80 Å². The minimum atomic E-state index is -0.0971. The van der Waals surface area contributed by atoms with E-state index in [4.69, 9.17) is 0 Å². The largest absolute Gasteiger partial charge is 0.341 e. The second-order valence-electron chi connectivity index (χ2n) is 7.01. The van der Waals surface area contributed by atoms with Crippen molar-refractivity contribution in [1.82, 2.24) is 9.80 Å². The van der Waals surface area contributed by atoms with Crippen LogP contribution < -0.4 is 0 Å². The first kappa shape index (κ1) is 17.5. The lowest BCUT2D eigenvalue weighted by molar-refractivity contribution is -0.147. The molecule has 0 radical (unpaired) electrons. The van der Waals surface area contributed by atoms with Gasteiger partial charge in [-0.25, -0.2) is 0 Å². The van der Waals surface area contributed by atoms with E-state index in [9.17, 15) is 9.59 Å². The second kappa shape index (κ2) is 7.62. The number of likely N-dealkylation sites (tertiary alicyclic amines) is 1. The van der Waals surface area contributed by atoms with Gasteiger partial charge in [0.1, 0.15) is 0 Å². The highest BCUT2D eigenvalue weighted by Gasteiger charge is 2.38. The molecule has 0 spiro atoms. The number of carbonyl (C=O) groups excluding carboxylic acids is 2. The standard InChI is InChI=1S/C19H28N2O2/c1-14(2)12-21-15(3)17(10-11-18(21)22)19(23)20(4)13-16-8-6-5-7-9-16/h5-9,14-15,17H,10-13H2,1-4H3/t15-,17-/m1/s1. The van der Waals surface area contributed by atoms with Crippen molar-refractivity contribution in [2.24, 2.45) is 11.8 Å². The number of carbonyl (C=O) groups is 2. The summed E-state index contributed by atoms with van der Waals surface area (Å²) in [5, 5.41) is 0. The highest BCUT2D eigenvalue weighted by Crippen LogP contribution is 2.27. The van der Waals surface area contributed by atoms with E-state index >= 15 is 0 Å². The van der Waals surface area contributed by atoms with Crippen LogP contribution in [0.5, 0.6) is 0 Å². The summed E-state index contributed by atoms with van der Waals surface area (Å²) in [6, 6.07) is 9.99. The molecule has 4 nitrogen and oxygen atoms in total. The fourth-order valence-electron chi connectivity index (χ4n) is 3.32. The van der Waals surface area contributed by atoms with Gasteiger partial charge in [-0.3, -0.25) is 9.59 Å². The lowest BCUT2D eigenvalue weighted by Gasteiger charge is -2.40. The zero-order valence-corrected chi connectivity index (χ0v) is 14.7. The number of piperidine rings is 1. The third-order valence-electron chi connectivity index (χ3n) is 4.58. The Morgan fingerprint density at radius 1 is 1.30 bits per heavy atom. The molecule has 23 heavy (non-hydrogen) atoms. The minimum absolute atomic E-state index is 0.0237. The molecule has 0 aromatic heterocycles. The predicted molar refractivity (Wildman–Crippen MR) is 91.7 cm³/mol. The first-order valence-electron chi connectivity index (χ1n) is 8.48. The molecule has 1 fully saturated rings. The molecule has 0 aliphatic carbocycles. The summed E-state index contributed by atoms with van der Waals surface area (Å²) in [4.78, 5) is 28.7. The number of hydrogen-bond acceptors (Lipinski definition) is 2. The van der Waals surface area contributed by atoms with Crippen molar-refractivity contribution in [2.45, 2.75) is 46.2 Å². The molecule has 0 N–H and O–H groups in total. The molecule has 4 heteroatoms. The number of benzene rings is 1. The van der Waals surface area contributed by atoms with Gasteiger partial charge in [-0.2, -0.15) is 0 Å². The van der Waals surface area contributed by atoms with Crippen LogP contribution >= 0.6 is 0 Å². The summed E-state index contributed by atoms with van der Waals surface area (Å²) in [5.74, 6) is 0.640. The summed E-state index contributed by atoms with van der Waals surface area (Å²) >= 11 is 0. The molecule has 0 bridgehead atoms. The zero-order chi connectivity index (χ0) is 17.0.